The lowest BCUT2D eigenvalue weighted by Gasteiger charge is -2.45. The monoisotopic (exact) mass is 476 g/mol. The van der Waals surface area contributed by atoms with Gasteiger partial charge in [0.15, 0.2) is 5.82 Å². The number of hydrogen-bond donors (Lipinski definition) is 2. The Morgan fingerprint density at radius 1 is 1.14 bits per heavy atom. The number of aromatic nitrogens is 5. The first-order valence-electron chi connectivity index (χ1n) is 10.5. The van der Waals surface area contributed by atoms with Gasteiger partial charge in [-0.25, -0.2) is 4.98 Å². The Kier molecular flexibility index (Phi) is 6.28. The number of aryl methyl sites for hydroxylation is 1. The molecule has 9 nitrogen and oxygen atoms in total. The van der Waals surface area contributed by atoms with E-state index in [1.807, 2.05) is 0 Å². The van der Waals surface area contributed by atoms with Crippen LogP contribution in [-0.2, 0) is 24.1 Å². The molecular formula is C20H18B3F3N8O. The molecule has 0 saturated carbocycles. The van der Waals surface area contributed by atoms with Crippen molar-refractivity contribution in [1.82, 2.24) is 24.7 Å². The SMILES string of the molecule is [B]C([B])([B])N1c2nc(NCc3cnn(Cc4ccc(C(F)(F)F)nc4)c3)nc(C)c2NC(=O)[C@@H]1C. The molecule has 0 spiro atoms. The van der Waals surface area contributed by atoms with Crippen LogP contribution in [-0.4, -0.2) is 65.5 Å². The number of rotatable bonds is 6. The lowest BCUT2D eigenvalue weighted by atomic mass is 9.48. The molecule has 1 atom stereocenters. The molecule has 6 radical (unpaired) electrons. The minimum Gasteiger partial charge on any atom is -0.363 e. The number of carbonyl (C=O) groups excluding carboxylic acids is 1. The van der Waals surface area contributed by atoms with E-state index in [1.54, 1.807) is 30.9 Å². The largest absolute Gasteiger partial charge is 0.433 e. The number of fused-ring (bicyclic) bond motifs is 1. The van der Waals surface area contributed by atoms with Gasteiger partial charge in [-0.3, -0.25) is 14.5 Å². The van der Waals surface area contributed by atoms with E-state index >= 15 is 0 Å². The van der Waals surface area contributed by atoms with Crippen LogP contribution in [0.5, 0.6) is 0 Å². The van der Waals surface area contributed by atoms with Crippen LogP contribution in [0.25, 0.3) is 0 Å². The maximum atomic E-state index is 12.7. The summed E-state index contributed by atoms with van der Waals surface area (Å²) in [6, 6.07) is 1.53. The Balaban J connectivity index is 1.47. The van der Waals surface area contributed by atoms with Gasteiger partial charge in [0.2, 0.25) is 11.9 Å². The van der Waals surface area contributed by atoms with Crippen molar-refractivity contribution in [2.24, 2.45) is 0 Å². The van der Waals surface area contributed by atoms with Crippen molar-refractivity contribution in [2.45, 2.75) is 44.4 Å². The van der Waals surface area contributed by atoms with Crippen molar-refractivity contribution in [3.8, 4) is 0 Å². The van der Waals surface area contributed by atoms with Crippen LogP contribution in [0.4, 0.5) is 30.6 Å². The van der Waals surface area contributed by atoms with Crippen molar-refractivity contribution in [2.75, 3.05) is 15.5 Å². The molecule has 3 aromatic heterocycles. The van der Waals surface area contributed by atoms with Crippen molar-refractivity contribution in [3.05, 3.63) is 53.2 Å². The van der Waals surface area contributed by atoms with E-state index in [1.165, 1.54) is 17.2 Å². The molecule has 3 aromatic rings. The molecule has 1 aliphatic rings. The highest BCUT2D eigenvalue weighted by atomic mass is 19.4. The van der Waals surface area contributed by atoms with Gasteiger partial charge < -0.3 is 15.5 Å². The van der Waals surface area contributed by atoms with Gasteiger partial charge in [-0.1, -0.05) is 11.3 Å². The van der Waals surface area contributed by atoms with Crippen LogP contribution >= 0.6 is 0 Å². The van der Waals surface area contributed by atoms with E-state index in [0.29, 0.717) is 23.5 Å². The molecule has 35 heavy (non-hydrogen) atoms. The first kappa shape index (κ1) is 24.6. The number of hydrogen-bond acceptors (Lipinski definition) is 7. The maximum Gasteiger partial charge on any atom is 0.433 e. The summed E-state index contributed by atoms with van der Waals surface area (Å²) < 4.78 is 39.6. The van der Waals surface area contributed by atoms with E-state index in [2.05, 4.69) is 30.7 Å². The molecule has 4 heterocycles. The van der Waals surface area contributed by atoms with Crippen LogP contribution in [0.3, 0.4) is 0 Å². The zero-order chi connectivity index (χ0) is 25.5. The molecule has 0 aliphatic carbocycles. The normalized spacial score (nSPS) is 16.1. The van der Waals surface area contributed by atoms with Crippen molar-refractivity contribution < 1.29 is 18.0 Å². The second kappa shape index (κ2) is 8.93. The average Bonchev–Trinajstić information content (AvgIpc) is 3.20. The number of alkyl halides is 3. The number of nitrogens with one attached hydrogen (secondary N) is 2. The Labute approximate surface area is 203 Å². The summed E-state index contributed by atoms with van der Waals surface area (Å²) in [7, 11) is 17.7. The second-order valence-electron chi connectivity index (χ2n) is 8.20. The van der Waals surface area contributed by atoms with E-state index in [-0.39, 0.29) is 24.2 Å². The molecule has 2 N–H and O–H groups in total. The molecule has 0 unspecified atom stereocenters. The van der Waals surface area contributed by atoms with E-state index < -0.39 is 23.1 Å². The predicted molar refractivity (Wildman–Crippen MR) is 125 cm³/mol. The first-order valence-corrected chi connectivity index (χ1v) is 10.5. The van der Waals surface area contributed by atoms with Gasteiger partial charge in [-0.15, -0.1) is 0 Å². The molecule has 0 fully saturated rings. The minimum atomic E-state index is -4.49. The van der Waals surface area contributed by atoms with Crippen molar-refractivity contribution >= 4 is 46.9 Å². The topological polar surface area (TPSA) is 101 Å². The zero-order valence-corrected chi connectivity index (χ0v) is 18.8. The van der Waals surface area contributed by atoms with Crippen molar-refractivity contribution in [3.63, 3.8) is 0 Å². The lowest BCUT2D eigenvalue weighted by Crippen LogP contribution is -2.60. The molecule has 174 valence electrons. The summed E-state index contributed by atoms with van der Waals surface area (Å²) in [5.41, 5.74) is 1.24. The molecule has 4 rings (SSSR count). The Morgan fingerprint density at radius 2 is 1.89 bits per heavy atom. The zero-order valence-electron chi connectivity index (χ0n) is 18.8. The molecule has 15 heteroatoms. The number of amides is 1. The standard InChI is InChI=1S/C20H18B3F3N8O/c1-10-15-16(34(20(21,22)23)11(2)17(35)31-15)32-18(30-10)28-6-13-7-29-33(9-13)8-12-3-4-14(27-5-12)19(24,25)26/h3-5,7,9,11H,6,8H2,1-2H3,(H,31,35)(H,28,30,32)/t11-/m0/s1. The quantitative estimate of drug-likeness (QED) is 0.519. The van der Waals surface area contributed by atoms with Crippen molar-refractivity contribution in [1.29, 1.82) is 0 Å². The van der Waals surface area contributed by atoms with Gasteiger partial charge >= 0.3 is 6.18 Å². The number of carbonyl (C=O) groups is 1. The average molecular weight is 476 g/mol. The smallest absolute Gasteiger partial charge is 0.363 e. The summed E-state index contributed by atoms with van der Waals surface area (Å²) in [6.45, 7) is 3.84. The van der Waals surface area contributed by atoms with Gasteiger partial charge in [0.1, 0.15) is 17.4 Å². The molecular weight excluding hydrogens is 458 g/mol. The fourth-order valence-corrected chi connectivity index (χ4v) is 3.64. The van der Waals surface area contributed by atoms with Gasteiger partial charge in [0, 0.05) is 24.5 Å². The molecule has 0 saturated heterocycles. The Bertz CT molecular complexity index is 1240. The maximum absolute atomic E-state index is 12.7. The summed E-state index contributed by atoms with van der Waals surface area (Å²) in [6.07, 6.45) is 0.0229. The fourth-order valence-electron chi connectivity index (χ4n) is 3.64. The summed E-state index contributed by atoms with van der Waals surface area (Å²) >= 11 is 0. The Hall–Kier alpha value is -3.51. The van der Waals surface area contributed by atoms with Gasteiger partial charge in [0.05, 0.1) is 42.0 Å². The van der Waals surface area contributed by atoms with Gasteiger partial charge in [-0.05, 0) is 25.5 Å². The minimum absolute atomic E-state index is 0.248. The first-order chi connectivity index (χ1) is 16.3. The summed E-state index contributed by atoms with van der Waals surface area (Å²) in [5, 5.41) is 8.21. The molecule has 1 aliphatic heterocycles. The van der Waals surface area contributed by atoms with Crippen LogP contribution in [0.1, 0.15) is 29.4 Å². The third-order valence-electron chi connectivity index (χ3n) is 5.33. The molecule has 1 amide bonds. The van der Waals surface area contributed by atoms with E-state index in [9.17, 15) is 18.0 Å². The molecule has 0 aromatic carbocycles. The number of halogens is 3. The Morgan fingerprint density at radius 3 is 2.51 bits per heavy atom. The third kappa shape index (κ3) is 5.28. The summed E-state index contributed by atoms with van der Waals surface area (Å²) in [5.74, 6) is 0.190. The summed E-state index contributed by atoms with van der Waals surface area (Å²) in [4.78, 5) is 25.9. The highest BCUT2D eigenvalue weighted by molar-refractivity contribution is 6.61. The van der Waals surface area contributed by atoms with Crippen LogP contribution in [0.15, 0.2) is 30.7 Å². The predicted octanol–water partition coefficient (Wildman–Crippen LogP) is 1.32. The fraction of sp³-hybridized carbons (Fsp3) is 0.350. The molecule has 0 bridgehead atoms. The van der Waals surface area contributed by atoms with E-state index in [4.69, 9.17) is 23.5 Å². The third-order valence-corrected chi connectivity index (χ3v) is 5.33. The number of nitrogens with zero attached hydrogens (tertiary/aromatic N) is 6. The van der Waals surface area contributed by atoms with Crippen LogP contribution in [0.2, 0.25) is 0 Å². The number of pyridine rings is 1. The van der Waals surface area contributed by atoms with Gasteiger partial charge in [0.25, 0.3) is 0 Å². The van der Waals surface area contributed by atoms with Crippen LogP contribution in [0, 0.1) is 6.92 Å². The van der Waals surface area contributed by atoms with E-state index in [0.717, 1.165) is 11.6 Å². The highest BCUT2D eigenvalue weighted by Gasteiger charge is 2.37. The van der Waals surface area contributed by atoms with Gasteiger partial charge in [-0.2, -0.15) is 23.3 Å². The second-order valence-corrected chi connectivity index (χ2v) is 8.20. The lowest BCUT2D eigenvalue weighted by molar-refractivity contribution is -0.141. The van der Waals surface area contributed by atoms with Crippen LogP contribution < -0.4 is 15.5 Å². The highest BCUT2D eigenvalue weighted by Crippen LogP contribution is 2.35. The number of anilines is 3.